The number of nitrogens with two attached hydrogens (primary N) is 1. The molecule has 0 saturated heterocycles. The second-order valence-corrected chi connectivity index (χ2v) is 5.90. The lowest BCUT2D eigenvalue weighted by molar-refractivity contribution is -0.384. The van der Waals surface area contributed by atoms with E-state index in [0.717, 1.165) is 0 Å². The summed E-state index contributed by atoms with van der Waals surface area (Å²) in [6.45, 7) is 0. The number of primary sulfonamides is 1. The quantitative estimate of drug-likeness (QED) is 0.644. The minimum absolute atomic E-state index is 0.0932. The number of nitro groups is 1. The first-order chi connectivity index (χ1) is 10.8. The molecule has 0 aliphatic rings. The van der Waals surface area contributed by atoms with Crippen LogP contribution in [0, 0.1) is 10.1 Å². The van der Waals surface area contributed by atoms with Crippen molar-refractivity contribution in [3.05, 3.63) is 58.6 Å². The second-order valence-electron chi connectivity index (χ2n) is 4.34. The molecule has 0 aliphatic carbocycles. The number of hydrogen-bond donors (Lipinski definition) is 2. The molecule has 0 saturated carbocycles. The molecular formula is C13H11N3O6S. The van der Waals surface area contributed by atoms with Gasteiger partial charge < -0.3 is 4.74 Å². The van der Waals surface area contributed by atoms with Crippen molar-refractivity contribution in [1.82, 2.24) is 0 Å². The summed E-state index contributed by atoms with van der Waals surface area (Å²) in [5, 5.41) is 17.8. The Bertz CT molecular complexity index is 848. The molecule has 10 heteroatoms. The van der Waals surface area contributed by atoms with Crippen LogP contribution in [0.1, 0.15) is 0 Å². The van der Waals surface area contributed by atoms with Crippen molar-refractivity contribution < 1.29 is 22.9 Å². The fourth-order valence-electron chi connectivity index (χ4n) is 1.64. The maximum Gasteiger partial charge on any atom is 0.417 e. The van der Waals surface area contributed by atoms with Crippen LogP contribution in [0.3, 0.4) is 0 Å². The number of nitro benzene ring substituents is 1. The Labute approximate surface area is 130 Å². The average molecular weight is 337 g/mol. The third-order valence-corrected chi connectivity index (χ3v) is 3.58. The molecule has 0 radical (unpaired) electrons. The third kappa shape index (κ3) is 4.49. The summed E-state index contributed by atoms with van der Waals surface area (Å²) < 4.78 is 27.4. The molecule has 2 aromatic carbocycles. The first kappa shape index (κ1) is 16.4. The Morgan fingerprint density at radius 3 is 2.39 bits per heavy atom. The molecule has 0 unspecified atom stereocenters. The van der Waals surface area contributed by atoms with Gasteiger partial charge in [0.15, 0.2) is 0 Å². The van der Waals surface area contributed by atoms with E-state index in [0.29, 0.717) is 0 Å². The van der Waals surface area contributed by atoms with E-state index in [9.17, 15) is 23.3 Å². The van der Waals surface area contributed by atoms with Crippen LogP contribution in [0.25, 0.3) is 0 Å². The minimum Gasteiger partial charge on any atom is -0.410 e. The van der Waals surface area contributed by atoms with E-state index in [1.54, 1.807) is 0 Å². The van der Waals surface area contributed by atoms with Crippen LogP contribution in [-0.2, 0) is 10.0 Å². The Morgan fingerprint density at radius 2 is 1.83 bits per heavy atom. The highest BCUT2D eigenvalue weighted by Gasteiger charge is 2.11. The van der Waals surface area contributed by atoms with Gasteiger partial charge >= 0.3 is 6.09 Å². The molecule has 120 valence electrons. The number of anilines is 1. The molecular weight excluding hydrogens is 326 g/mol. The van der Waals surface area contributed by atoms with Crippen molar-refractivity contribution in [3.8, 4) is 5.75 Å². The van der Waals surface area contributed by atoms with Gasteiger partial charge in [-0.25, -0.2) is 18.4 Å². The number of amides is 1. The summed E-state index contributed by atoms with van der Waals surface area (Å²) in [7, 11) is -3.89. The largest absolute Gasteiger partial charge is 0.417 e. The van der Waals surface area contributed by atoms with E-state index in [4.69, 9.17) is 9.88 Å². The number of carbonyl (C=O) groups excluding carboxylic acids is 1. The predicted molar refractivity (Wildman–Crippen MR) is 80.6 cm³/mol. The summed E-state index contributed by atoms with van der Waals surface area (Å²) >= 11 is 0. The second kappa shape index (κ2) is 6.42. The minimum atomic E-state index is -3.89. The molecule has 0 atom stereocenters. The van der Waals surface area contributed by atoms with Gasteiger partial charge in [0.25, 0.3) is 5.69 Å². The summed E-state index contributed by atoms with van der Waals surface area (Å²) in [5.74, 6) is 0.0932. The Balaban J connectivity index is 2.06. The van der Waals surface area contributed by atoms with Crippen LogP contribution >= 0.6 is 0 Å². The predicted octanol–water partition coefficient (Wildman–Crippen LogP) is 1.85. The summed E-state index contributed by atoms with van der Waals surface area (Å²) in [5.41, 5.74) is 0.0297. The van der Waals surface area contributed by atoms with E-state index >= 15 is 0 Å². The molecule has 2 aromatic rings. The molecule has 0 bridgehead atoms. The molecule has 0 aromatic heterocycles. The lowest BCUT2D eigenvalue weighted by Crippen LogP contribution is -2.17. The zero-order chi connectivity index (χ0) is 17.0. The molecule has 2 rings (SSSR count). The highest BCUT2D eigenvalue weighted by Crippen LogP contribution is 2.19. The van der Waals surface area contributed by atoms with E-state index in [-0.39, 0.29) is 22.0 Å². The van der Waals surface area contributed by atoms with Crippen molar-refractivity contribution in [1.29, 1.82) is 0 Å². The van der Waals surface area contributed by atoms with Crippen molar-refractivity contribution >= 4 is 27.5 Å². The van der Waals surface area contributed by atoms with Gasteiger partial charge in [-0.3, -0.25) is 15.4 Å². The first-order valence-electron chi connectivity index (χ1n) is 6.12. The lowest BCUT2D eigenvalue weighted by Gasteiger charge is -2.07. The van der Waals surface area contributed by atoms with Crippen LogP contribution in [0.5, 0.6) is 5.75 Å². The number of non-ortho nitro benzene ring substituents is 1. The molecule has 0 spiro atoms. The van der Waals surface area contributed by atoms with Gasteiger partial charge in [0, 0.05) is 17.8 Å². The van der Waals surface area contributed by atoms with E-state index in [1.165, 1.54) is 48.5 Å². The van der Waals surface area contributed by atoms with Crippen LogP contribution in [0.15, 0.2) is 53.4 Å². The Morgan fingerprint density at radius 1 is 1.17 bits per heavy atom. The van der Waals surface area contributed by atoms with Crippen LogP contribution in [0.2, 0.25) is 0 Å². The van der Waals surface area contributed by atoms with Crippen molar-refractivity contribution in [2.24, 2.45) is 5.14 Å². The highest BCUT2D eigenvalue weighted by molar-refractivity contribution is 7.89. The highest BCUT2D eigenvalue weighted by atomic mass is 32.2. The van der Waals surface area contributed by atoms with E-state index in [1.807, 2.05) is 0 Å². The van der Waals surface area contributed by atoms with E-state index < -0.39 is 21.0 Å². The topological polar surface area (TPSA) is 142 Å². The number of nitrogens with one attached hydrogen (secondary N) is 1. The number of ether oxygens (including phenoxy) is 1. The molecule has 0 fully saturated rings. The fraction of sp³-hybridized carbons (Fsp3) is 0. The number of rotatable bonds is 4. The summed E-state index contributed by atoms with van der Waals surface area (Å²) in [6.07, 6.45) is -0.884. The zero-order valence-corrected chi connectivity index (χ0v) is 12.3. The van der Waals surface area contributed by atoms with Crippen molar-refractivity contribution in [3.63, 3.8) is 0 Å². The summed E-state index contributed by atoms with van der Waals surface area (Å²) in [6, 6.07) is 10.2. The third-order valence-electron chi connectivity index (χ3n) is 2.67. The number of sulfonamides is 1. The molecule has 0 aliphatic heterocycles. The van der Waals surface area contributed by atoms with Crippen LogP contribution in [0.4, 0.5) is 16.2 Å². The maximum absolute atomic E-state index is 11.7. The van der Waals surface area contributed by atoms with E-state index in [2.05, 4.69) is 5.32 Å². The zero-order valence-electron chi connectivity index (χ0n) is 11.5. The molecule has 23 heavy (non-hydrogen) atoms. The normalized spacial score (nSPS) is 10.8. The van der Waals surface area contributed by atoms with Gasteiger partial charge in [-0.15, -0.1) is 0 Å². The van der Waals surface area contributed by atoms with Gasteiger partial charge in [0.05, 0.1) is 9.82 Å². The number of benzene rings is 2. The van der Waals surface area contributed by atoms with Gasteiger partial charge in [-0.1, -0.05) is 6.07 Å². The monoisotopic (exact) mass is 337 g/mol. The number of nitrogens with zero attached hydrogens (tertiary/aromatic N) is 1. The van der Waals surface area contributed by atoms with Crippen LogP contribution < -0.4 is 15.2 Å². The average Bonchev–Trinajstić information content (AvgIpc) is 2.47. The lowest BCUT2D eigenvalue weighted by atomic mass is 10.3. The SMILES string of the molecule is NS(=O)(=O)c1cccc(NC(=O)Oc2ccc([N+](=O)[O-])cc2)c1. The Hall–Kier alpha value is -2.98. The molecule has 1 amide bonds. The van der Waals surface area contributed by atoms with Gasteiger partial charge in [-0.2, -0.15) is 0 Å². The number of carbonyl (C=O) groups is 1. The van der Waals surface area contributed by atoms with Gasteiger partial charge in [0.1, 0.15) is 5.75 Å². The number of hydrogen-bond acceptors (Lipinski definition) is 6. The smallest absolute Gasteiger partial charge is 0.410 e. The Kier molecular flexibility index (Phi) is 4.57. The van der Waals surface area contributed by atoms with Gasteiger partial charge in [-0.05, 0) is 30.3 Å². The molecule has 0 heterocycles. The first-order valence-corrected chi connectivity index (χ1v) is 7.66. The van der Waals surface area contributed by atoms with Crippen molar-refractivity contribution in [2.75, 3.05) is 5.32 Å². The van der Waals surface area contributed by atoms with Crippen molar-refractivity contribution in [2.45, 2.75) is 4.90 Å². The molecule has 3 N–H and O–H groups in total. The van der Waals surface area contributed by atoms with Gasteiger partial charge in [0.2, 0.25) is 10.0 Å². The summed E-state index contributed by atoms with van der Waals surface area (Å²) in [4.78, 5) is 21.5. The van der Waals surface area contributed by atoms with Crippen LogP contribution in [-0.4, -0.2) is 19.4 Å². The molecule has 9 nitrogen and oxygen atoms in total. The maximum atomic E-state index is 11.7. The fourth-order valence-corrected chi connectivity index (χ4v) is 2.20. The standard InChI is InChI=1S/C13H11N3O6S/c14-23(20,21)12-3-1-2-9(8-12)15-13(17)22-11-6-4-10(5-7-11)16(18)19/h1-8H,(H,15,17)(H2,14,20,21).